The van der Waals surface area contributed by atoms with Gasteiger partial charge in [0.1, 0.15) is 0 Å². The Hall–Kier alpha value is -1.07. The van der Waals surface area contributed by atoms with E-state index < -0.39 is 5.60 Å². The van der Waals surface area contributed by atoms with E-state index in [1.165, 1.54) is 0 Å². The average Bonchev–Trinajstić information content (AvgIpc) is 2.61. The molecule has 0 fully saturated rings. The molecule has 0 spiro atoms. The lowest BCUT2D eigenvalue weighted by molar-refractivity contribution is 0.0649. The average molecular weight is 227 g/mol. The third-order valence-electron chi connectivity index (χ3n) is 2.60. The summed E-state index contributed by atoms with van der Waals surface area (Å²) in [6.07, 6.45) is 3.65. The Balaban J connectivity index is 2.52. The maximum Gasteiger partial charge on any atom is 0.0789 e. The summed E-state index contributed by atoms with van der Waals surface area (Å²) in [7, 11) is 1.67. The van der Waals surface area contributed by atoms with Gasteiger partial charge in [-0.3, -0.25) is 4.68 Å². The number of aromatic nitrogens is 2. The first-order valence-electron chi connectivity index (χ1n) is 5.44. The lowest BCUT2D eigenvalue weighted by Crippen LogP contribution is -2.39. The van der Waals surface area contributed by atoms with Gasteiger partial charge < -0.3 is 15.2 Å². The fourth-order valence-electron chi connectivity index (χ4n) is 1.17. The molecule has 0 saturated carbocycles. The second kappa shape index (κ2) is 5.32. The van der Waals surface area contributed by atoms with Crippen molar-refractivity contribution in [1.29, 1.82) is 0 Å². The molecule has 1 heterocycles. The number of hydrogen-bond acceptors (Lipinski definition) is 4. The summed E-state index contributed by atoms with van der Waals surface area (Å²) in [4.78, 5) is 0. The zero-order valence-corrected chi connectivity index (χ0v) is 10.4. The molecule has 0 aliphatic carbocycles. The Morgan fingerprint density at radius 1 is 1.62 bits per heavy atom. The molecule has 1 atom stereocenters. The molecule has 1 aromatic rings. The molecule has 0 saturated heterocycles. The van der Waals surface area contributed by atoms with Gasteiger partial charge in [0.2, 0.25) is 0 Å². The van der Waals surface area contributed by atoms with E-state index in [9.17, 15) is 5.11 Å². The molecular weight excluding hydrogens is 206 g/mol. The first-order valence-corrected chi connectivity index (χ1v) is 5.44. The zero-order chi connectivity index (χ0) is 12.2. The lowest BCUT2D eigenvalue weighted by atomic mass is 10.0. The largest absolute Gasteiger partial charge is 0.388 e. The number of anilines is 1. The number of nitrogens with zero attached hydrogens (tertiary/aromatic N) is 2. The van der Waals surface area contributed by atoms with Crippen molar-refractivity contribution in [3.8, 4) is 0 Å². The van der Waals surface area contributed by atoms with Crippen molar-refractivity contribution in [3.05, 3.63) is 12.4 Å². The molecule has 0 bridgehead atoms. The molecular formula is C11H21N3O2. The maximum atomic E-state index is 9.79. The highest BCUT2D eigenvalue weighted by Gasteiger charge is 2.22. The summed E-state index contributed by atoms with van der Waals surface area (Å²) >= 11 is 0. The Labute approximate surface area is 96.4 Å². The second-order valence-corrected chi connectivity index (χ2v) is 4.50. The molecule has 1 rings (SSSR count). The quantitative estimate of drug-likeness (QED) is 0.764. The van der Waals surface area contributed by atoms with E-state index in [1.807, 2.05) is 17.8 Å². The van der Waals surface area contributed by atoms with E-state index in [4.69, 9.17) is 4.74 Å². The molecule has 1 unspecified atom stereocenters. The van der Waals surface area contributed by atoms with Crippen LogP contribution < -0.4 is 5.32 Å². The minimum Gasteiger partial charge on any atom is -0.388 e. The minimum absolute atomic E-state index is 0.0347. The van der Waals surface area contributed by atoms with Crippen LogP contribution in [0.2, 0.25) is 0 Å². The van der Waals surface area contributed by atoms with Crippen molar-refractivity contribution < 1.29 is 9.84 Å². The van der Waals surface area contributed by atoms with Crippen LogP contribution in [0.5, 0.6) is 0 Å². The van der Waals surface area contributed by atoms with Crippen LogP contribution >= 0.6 is 0 Å². The van der Waals surface area contributed by atoms with Gasteiger partial charge >= 0.3 is 0 Å². The predicted molar refractivity (Wildman–Crippen MR) is 63.5 cm³/mol. The van der Waals surface area contributed by atoms with Crippen LogP contribution in [0.4, 0.5) is 5.69 Å². The molecule has 1 aromatic heterocycles. The third kappa shape index (κ3) is 3.83. The van der Waals surface area contributed by atoms with E-state index in [1.54, 1.807) is 27.2 Å². The van der Waals surface area contributed by atoms with Gasteiger partial charge in [0.05, 0.1) is 36.7 Å². The lowest BCUT2D eigenvalue weighted by Gasteiger charge is -2.26. The van der Waals surface area contributed by atoms with Gasteiger partial charge in [0.25, 0.3) is 0 Å². The molecule has 16 heavy (non-hydrogen) atoms. The first-order chi connectivity index (χ1) is 7.43. The van der Waals surface area contributed by atoms with Crippen molar-refractivity contribution in [2.24, 2.45) is 0 Å². The van der Waals surface area contributed by atoms with Gasteiger partial charge in [-0.15, -0.1) is 0 Å². The molecule has 2 N–H and O–H groups in total. The fraction of sp³-hybridized carbons (Fsp3) is 0.727. The van der Waals surface area contributed by atoms with Gasteiger partial charge in [-0.05, 0) is 20.8 Å². The van der Waals surface area contributed by atoms with Crippen molar-refractivity contribution in [3.63, 3.8) is 0 Å². The second-order valence-electron chi connectivity index (χ2n) is 4.50. The van der Waals surface area contributed by atoms with Gasteiger partial charge in [0, 0.05) is 13.3 Å². The van der Waals surface area contributed by atoms with Crippen LogP contribution in [-0.4, -0.2) is 40.2 Å². The summed E-state index contributed by atoms with van der Waals surface area (Å²) in [5.74, 6) is 0. The number of nitrogens with one attached hydrogen (secondary N) is 1. The predicted octanol–water partition coefficient (Wildman–Crippen LogP) is 1.10. The highest BCUT2D eigenvalue weighted by Crippen LogP contribution is 2.14. The number of methoxy groups -OCH3 is 1. The molecule has 5 nitrogen and oxygen atoms in total. The van der Waals surface area contributed by atoms with Crippen LogP contribution in [0.3, 0.4) is 0 Å². The summed E-state index contributed by atoms with van der Waals surface area (Å²) in [5, 5.41) is 17.2. The summed E-state index contributed by atoms with van der Waals surface area (Å²) in [6.45, 7) is 6.86. The smallest absolute Gasteiger partial charge is 0.0789 e. The van der Waals surface area contributed by atoms with Crippen molar-refractivity contribution >= 4 is 5.69 Å². The van der Waals surface area contributed by atoms with E-state index >= 15 is 0 Å². The topological polar surface area (TPSA) is 59.3 Å². The number of ether oxygens (including phenoxy) is 1. The van der Waals surface area contributed by atoms with Crippen LogP contribution in [0, 0.1) is 0 Å². The van der Waals surface area contributed by atoms with Crippen LogP contribution in [0.15, 0.2) is 12.4 Å². The minimum atomic E-state index is -0.755. The monoisotopic (exact) mass is 227 g/mol. The number of hydrogen-bond donors (Lipinski definition) is 2. The molecule has 0 aromatic carbocycles. The van der Waals surface area contributed by atoms with E-state index in [-0.39, 0.29) is 6.04 Å². The van der Waals surface area contributed by atoms with Crippen LogP contribution in [0.25, 0.3) is 0 Å². The van der Waals surface area contributed by atoms with E-state index in [0.717, 1.165) is 12.2 Å². The van der Waals surface area contributed by atoms with Crippen molar-refractivity contribution in [2.45, 2.75) is 39.0 Å². The van der Waals surface area contributed by atoms with Gasteiger partial charge in [-0.25, -0.2) is 0 Å². The third-order valence-corrected chi connectivity index (χ3v) is 2.60. The normalized spacial score (nSPS) is 13.8. The summed E-state index contributed by atoms with van der Waals surface area (Å²) < 4.78 is 6.78. The van der Waals surface area contributed by atoms with E-state index in [2.05, 4.69) is 10.4 Å². The van der Waals surface area contributed by atoms with Gasteiger partial charge in [-0.2, -0.15) is 5.10 Å². The molecule has 5 heteroatoms. The van der Waals surface area contributed by atoms with Crippen LogP contribution in [0.1, 0.15) is 20.8 Å². The standard InChI is InChI=1S/C11H21N3O2/c1-9(11(2,3)15)13-10-7-12-14(8-10)5-6-16-4/h7-9,13,15H,5-6H2,1-4H3. The molecule has 0 aliphatic heterocycles. The molecule has 0 aliphatic rings. The first kappa shape index (κ1) is 13.0. The van der Waals surface area contributed by atoms with Gasteiger partial charge in [0.15, 0.2) is 0 Å². The highest BCUT2D eigenvalue weighted by atomic mass is 16.5. The number of rotatable bonds is 6. The Morgan fingerprint density at radius 3 is 2.88 bits per heavy atom. The maximum absolute atomic E-state index is 9.79. The van der Waals surface area contributed by atoms with E-state index in [0.29, 0.717) is 6.61 Å². The van der Waals surface area contributed by atoms with Crippen molar-refractivity contribution in [1.82, 2.24) is 9.78 Å². The summed E-state index contributed by atoms with van der Waals surface area (Å²) in [5.41, 5.74) is 0.153. The summed E-state index contributed by atoms with van der Waals surface area (Å²) in [6, 6.07) is -0.0347. The van der Waals surface area contributed by atoms with Crippen LogP contribution in [-0.2, 0) is 11.3 Å². The Kier molecular flexibility index (Phi) is 4.32. The van der Waals surface area contributed by atoms with Gasteiger partial charge in [-0.1, -0.05) is 0 Å². The Bertz CT molecular complexity index is 317. The Morgan fingerprint density at radius 2 is 2.31 bits per heavy atom. The molecule has 0 radical (unpaired) electrons. The van der Waals surface area contributed by atoms with Crippen molar-refractivity contribution in [2.75, 3.05) is 19.0 Å². The zero-order valence-electron chi connectivity index (χ0n) is 10.4. The molecule has 92 valence electrons. The molecule has 0 amide bonds. The SMILES string of the molecule is COCCn1cc(NC(C)C(C)(C)O)cn1. The fourth-order valence-corrected chi connectivity index (χ4v) is 1.17. The highest BCUT2D eigenvalue weighted by molar-refractivity contribution is 5.39. The number of aliphatic hydroxyl groups is 1.